The van der Waals surface area contributed by atoms with Crippen LogP contribution in [0.2, 0.25) is 0 Å². The molecule has 2 amide bonds. The van der Waals surface area contributed by atoms with Crippen LogP contribution in [0.5, 0.6) is 0 Å². The van der Waals surface area contributed by atoms with Crippen LogP contribution >= 0.6 is 0 Å². The number of allylic oxidation sites excluding steroid dienone is 2. The van der Waals surface area contributed by atoms with Crippen LogP contribution in [0.15, 0.2) is 59.3 Å². The van der Waals surface area contributed by atoms with E-state index in [0.29, 0.717) is 29.1 Å². The molecule has 1 unspecified atom stereocenters. The molecular formula is C28H31FN4O4S. The first kappa shape index (κ1) is 26.1. The lowest BCUT2D eigenvalue weighted by atomic mass is 9.98. The summed E-state index contributed by atoms with van der Waals surface area (Å²) >= 11 is 0. The van der Waals surface area contributed by atoms with Crippen LogP contribution in [0.4, 0.5) is 4.39 Å². The van der Waals surface area contributed by atoms with Crippen molar-refractivity contribution in [3.63, 3.8) is 0 Å². The van der Waals surface area contributed by atoms with Gasteiger partial charge in [-0.25, -0.2) is 12.8 Å². The highest BCUT2D eigenvalue weighted by Gasteiger charge is 2.35. The summed E-state index contributed by atoms with van der Waals surface area (Å²) in [5.41, 5.74) is 3.05. The van der Waals surface area contributed by atoms with Crippen molar-refractivity contribution < 1.29 is 22.4 Å². The monoisotopic (exact) mass is 538 g/mol. The van der Waals surface area contributed by atoms with E-state index < -0.39 is 26.7 Å². The van der Waals surface area contributed by atoms with Gasteiger partial charge in [0, 0.05) is 35.6 Å². The smallest absolute Gasteiger partial charge is 0.256 e. The second kappa shape index (κ2) is 10.7. The minimum absolute atomic E-state index is 0.110. The summed E-state index contributed by atoms with van der Waals surface area (Å²) in [5.74, 6) is -1.61. The van der Waals surface area contributed by atoms with Gasteiger partial charge in [-0.15, -0.1) is 0 Å². The summed E-state index contributed by atoms with van der Waals surface area (Å²) in [6, 6.07) is 7.55. The quantitative estimate of drug-likeness (QED) is 0.448. The summed E-state index contributed by atoms with van der Waals surface area (Å²) in [6.07, 6.45) is 7.38. The summed E-state index contributed by atoms with van der Waals surface area (Å²) in [6.45, 7) is 5.24. The molecule has 8 nitrogen and oxygen atoms in total. The minimum atomic E-state index is -3.75. The second-order valence-electron chi connectivity index (χ2n) is 9.97. The molecule has 1 aliphatic carbocycles. The standard InChI is InChI=1S/C28H31FN4O4S/c1-18-14-23(27(34)30-10-13-33-11-4-5-12-33)26(31-18)16-22-21-15-20(8-9-25(21)32-28(22)35)38(36,37)17-19-6-2-3-7-24(19)29/h2-3,6-7,9,14-16,20,31H,4-5,8,10-13,17H2,1H3,(H,30,34)(H,32,35)/b22-16-. The first-order chi connectivity index (χ1) is 18.2. The number of rotatable bonds is 8. The Balaban J connectivity index is 1.37. The van der Waals surface area contributed by atoms with Gasteiger partial charge < -0.3 is 20.5 Å². The minimum Gasteiger partial charge on any atom is -0.358 e. The number of carbonyl (C=O) groups excluding carboxylic acids is 2. The number of hydrogen-bond acceptors (Lipinski definition) is 5. The van der Waals surface area contributed by atoms with Crippen molar-refractivity contribution in [2.75, 3.05) is 26.2 Å². The number of amides is 2. The average Bonchev–Trinajstić information content (AvgIpc) is 3.60. The van der Waals surface area contributed by atoms with Gasteiger partial charge in [0.05, 0.1) is 27.8 Å². The fourth-order valence-corrected chi connectivity index (χ4v) is 6.79. The van der Waals surface area contributed by atoms with Crippen molar-refractivity contribution in [2.24, 2.45) is 0 Å². The topological polar surface area (TPSA) is 111 Å². The lowest BCUT2D eigenvalue weighted by Crippen LogP contribution is -2.33. The molecule has 5 rings (SSSR count). The second-order valence-corrected chi connectivity index (χ2v) is 12.2. The summed E-state index contributed by atoms with van der Waals surface area (Å²) < 4.78 is 40.4. The fraction of sp³-hybridized carbons (Fsp3) is 0.357. The zero-order valence-electron chi connectivity index (χ0n) is 21.2. The Hall–Kier alpha value is -3.50. The number of aromatic nitrogens is 1. The van der Waals surface area contributed by atoms with E-state index in [0.717, 1.165) is 25.3 Å². The van der Waals surface area contributed by atoms with Gasteiger partial charge in [-0.1, -0.05) is 30.4 Å². The predicted molar refractivity (Wildman–Crippen MR) is 143 cm³/mol. The third kappa shape index (κ3) is 5.51. The molecule has 0 radical (unpaired) electrons. The molecular weight excluding hydrogens is 507 g/mol. The van der Waals surface area contributed by atoms with Crippen LogP contribution in [0.1, 0.15) is 46.6 Å². The van der Waals surface area contributed by atoms with E-state index in [9.17, 15) is 22.4 Å². The van der Waals surface area contributed by atoms with Gasteiger partial charge in [-0.05, 0) is 57.5 Å². The molecule has 200 valence electrons. The maximum Gasteiger partial charge on any atom is 0.256 e. The lowest BCUT2D eigenvalue weighted by molar-refractivity contribution is -0.115. The zero-order chi connectivity index (χ0) is 26.9. The van der Waals surface area contributed by atoms with Crippen molar-refractivity contribution in [3.05, 3.63) is 87.7 Å². The molecule has 2 fully saturated rings. The van der Waals surface area contributed by atoms with Crippen LogP contribution in [0, 0.1) is 12.7 Å². The van der Waals surface area contributed by atoms with E-state index in [1.807, 2.05) is 6.92 Å². The Bertz CT molecular complexity index is 1470. The molecule has 38 heavy (non-hydrogen) atoms. The highest BCUT2D eigenvalue weighted by atomic mass is 32.2. The van der Waals surface area contributed by atoms with Gasteiger partial charge in [0.25, 0.3) is 11.8 Å². The molecule has 0 spiro atoms. The van der Waals surface area contributed by atoms with Crippen LogP contribution < -0.4 is 10.6 Å². The molecule has 3 aliphatic rings. The van der Waals surface area contributed by atoms with Crippen molar-refractivity contribution in [2.45, 2.75) is 37.2 Å². The predicted octanol–water partition coefficient (Wildman–Crippen LogP) is 3.00. The van der Waals surface area contributed by atoms with Gasteiger partial charge >= 0.3 is 0 Å². The maximum absolute atomic E-state index is 14.1. The largest absolute Gasteiger partial charge is 0.358 e. The number of nitrogens with zero attached hydrogens (tertiary/aromatic N) is 1. The number of H-pyrrole nitrogens is 1. The number of hydrogen-bond donors (Lipinski definition) is 3. The lowest BCUT2D eigenvalue weighted by Gasteiger charge is -2.18. The van der Waals surface area contributed by atoms with Crippen LogP contribution in [-0.2, 0) is 20.4 Å². The molecule has 3 N–H and O–H groups in total. The number of halogens is 1. The van der Waals surface area contributed by atoms with Gasteiger partial charge in [0.1, 0.15) is 5.82 Å². The van der Waals surface area contributed by atoms with Crippen molar-refractivity contribution in [1.82, 2.24) is 20.5 Å². The number of benzene rings is 1. The summed E-state index contributed by atoms with van der Waals surface area (Å²) in [7, 11) is -3.75. The molecule has 0 saturated carbocycles. The normalized spacial score (nSPS) is 20.7. The van der Waals surface area contributed by atoms with E-state index in [1.165, 1.54) is 31.0 Å². The molecule has 10 heteroatoms. The third-order valence-corrected chi connectivity index (χ3v) is 9.15. The molecule has 1 aromatic heterocycles. The third-order valence-electron chi connectivity index (χ3n) is 7.18. The Morgan fingerprint density at radius 3 is 2.76 bits per heavy atom. The number of aryl methyl sites for hydroxylation is 1. The van der Waals surface area contributed by atoms with E-state index in [4.69, 9.17) is 0 Å². The molecule has 1 atom stereocenters. The highest BCUT2D eigenvalue weighted by Crippen LogP contribution is 2.34. The maximum atomic E-state index is 14.1. The van der Waals surface area contributed by atoms with Gasteiger partial charge in [-0.2, -0.15) is 0 Å². The van der Waals surface area contributed by atoms with E-state index >= 15 is 0 Å². The molecule has 1 aromatic carbocycles. The number of sulfone groups is 1. The Labute approximate surface area is 221 Å². The molecule has 2 aliphatic heterocycles. The number of likely N-dealkylation sites (tertiary alicyclic amines) is 1. The van der Waals surface area contributed by atoms with E-state index in [-0.39, 0.29) is 29.4 Å². The average molecular weight is 539 g/mol. The summed E-state index contributed by atoms with van der Waals surface area (Å²) in [4.78, 5) is 31.3. The Kier molecular flexibility index (Phi) is 7.36. The summed E-state index contributed by atoms with van der Waals surface area (Å²) in [5, 5.41) is 4.84. The number of nitrogens with one attached hydrogen (secondary N) is 3. The van der Waals surface area contributed by atoms with Crippen molar-refractivity contribution >= 4 is 27.7 Å². The van der Waals surface area contributed by atoms with Crippen LogP contribution in [-0.4, -0.2) is 61.5 Å². The Morgan fingerprint density at radius 2 is 2.00 bits per heavy atom. The molecule has 3 heterocycles. The van der Waals surface area contributed by atoms with E-state index in [1.54, 1.807) is 30.4 Å². The highest BCUT2D eigenvalue weighted by molar-refractivity contribution is 7.91. The van der Waals surface area contributed by atoms with Gasteiger partial charge in [0.2, 0.25) is 0 Å². The van der Waals surface area contributed by atoms with Crippen LogP contribution in [0.25, 0.3) is 6.08 Å². The van der Waals surface area contributed by atoms with Gasteiger partial charge in [-0.3, -0.25) is 9.59 Å². The first-order valence-electron chi connectivity index (χ1n) is 12.8. The molecule has 2 aromatic rings. The fourth-order valence-electron chi connectivity index (χ4n) is 5.17. The number of aromatic amines is 1. The SMILES string of the molecule is Cc1cc(C(=O)NCCN2CCCC2)c(/C=C2\C(=O)NC3=CCC(S(=O)(=O)Cc4ccccc4F)C=C32)[nH]1. The van der Waals surface area contributed by atoms with E-state index in [2.05, 4.69) is 20.5 Å². The van der Waals surface area contributed by atoms with Crippen molar-refractivity contribution in [3.8, 4) is 0 Å². The van der Waals surface area contributed by atoms with Crippen molar-refractivity contribution in [1.29, 1.82) is 0 Å². The van der Waals surface area contributed by atoms with Crippen LogP contribution in [0.3, 0.4) is 0 Å². The first-order valence-corrected chi connectivity index (χ1v) is 14.5. The number of carbonyl (C=O) groups is 2. The zero-order valence-corrected chi connectivity index (χ0v) is 22.0. The van der Waals surface area contributed by atoms with Gasteiger partial charge in [0.15, 0.2) is 9.84 Å². The molecule has 2 saturated heterocycles. The Morgan fingerprint density at radius 1 is 1.24 bits per heavy atom. The molecule has 0 bridgehead atoms. The number of fused-ring (bicyclic) bond motifs is 1.